The number of aliphatic hydroxyl groups is 1. The summed E-state index contributed by atoms with van der Waals surface area (Å²) < 4.78 is 0.567. The third-order valence-corrected chi connectivity index (χ3v) is 7.13. The van der Waals surface area contributed by atoms with Gasteiger partial charge in [0.1, 0.15) is 6.04 Å². The van der Waals surface area contributed by atoms with Gasteiger partial charge in [-0.05, 0) is 41.7 Å². The van der Waals surface area contributed by atoms with E-state index in [1.54, 1.807) is 30.3 Å². The highest BCUT2D eigenvalue weighted by atomic mass is 35.5. The van der Waals surface area contributed by atoms with Crippen LogP contribution in [0.5, 0.6) is 0 Å². The highest BCUT2D eigenvalue weighted by Gasteiger charge is 2.53. The fourth-order valence-corrected chi connectivity index (χ4v) is 5.35. The Labute approximate surface area is 207 Å². The molecule has 0 saturated carbocycles. The molecular formula is C26H25ClN4O4. The van der Waals surface area contributed by atoms with E-state index in [2.05, 4.69) is 5.32 Å². The van der Waals surface area contributed by atoms with Crippen LogP contribution in [-0.4, -0.2) is 34.4 Å². The molecule has 5 rings (SSSR count). The van der Waals surface area contributed by atoms with E-state index in [0.717, 1.165) is 11.1 Å². The third kappa shape index (κ3) is 3.83. The maximum atomic E-state index is 13.9. The smallest absolute Gasteiger partial charge is 0.264 e. The Bertz CT molecular complexity index is 1330. The molecule has 9 heteroatoms. The molecule has 1 saturated heterocycles. The second-order valence-corrected chi connectivity index (χ2v) is 9.32. The summed E-state index contributed by atoms with van der Waals surface area (Å²) in [5.41, 5.74) is 7.37. The van der Waals surface area contributed by atoms with E-state index in [0.29, 0.717) is 52.4 Å². The maximum Gasteiger partial charge on any atom is 0.264 e. The zero-order valence-corrected chi connectivity index (χ0v) is 19.7. The lowest BCUT2D eigenvalue weighted by molar-refractivity contribution is -0.606. The number of nitrogens with two attached hydrogens (primary N) is 1. The first-order valence-electron chi connectivity index (χ1n) is 11.5. The number of halogens is 1. The molecule has 35 heavy (non-hydrogen) atoms. The summed E-state index contributed by atoms with van der Waals surface area (Å²) in [5.74, 6) is -0.932. The molecule has 3 aromatic rings. The molecule has 4 N–H and O–H groups in total. The molecule has 0 spiro atoms. The Hall–Kier alpha value is -3.46. The quantitative estimate of drug-likeness (QED) is 0.371. The van der Waals surface area contributed by atoms with Gasteiger partial charge in [-0.25, -0.2) is 0 Å². The first kappa shape index (κ1) is 23.3. The van der Waals surface area contributed by atoms with Crippen LogP contribution >= 0.6 is 11.6 Å². The number of hydrogen-bond acceptors (Lipinski definition) is 5. The molecule has 2 aromatic carbocycles. The number of carbonyl (C=O) groups is 2. The van der Waals surface area contributed by atoms with E-state index in [4.69, 9.17) is 17.3 Å². The van der Waals surface area contributed by atoms with E-state index in [-0.39, 0.29) is 18.0 Å². The van der Waals surface area contributed by atoms with Crippen molar-refractivity contribution < 1.29 is 19.4 Å². The molecular weight excluding hydrogens is 468 g/mol. The SMILES string of the molecule is NCc1ccc(Cl)cc1CNC(=O)[C@@H]1CCCN1C(=O)C1(O)c2ccccc2-c2cc[n+]([O-])cc21. The van der Waals surface area contributed by atoms with Gasteiger partial charge in [-0.2, -0.15) is 4.73 Å². The van der Waals surface area contributed by atoms with Crippen LogP contribution in [0.1, 0.15) is 35.1 Å². The summed E-state index contributed by atoms with van der Waals surface area (Å²) in [6.45, 7) is 0.852. The van der Waals surface area contributed by atoms with Crippen molar-refractivity contribution in [3.63, 3.8) is 0 Å². The van der Waals surface area contributed by atoms with E-state index < -0.39 is 17.6 Å². The van der Waals surface area contributed by atoms with Gasteiger partial charge in [-0.15, -0.1) is 0 Å². The van der Waals surface area contributed by atoms with Gasteiger partial charge < -0.3 is 26.3 Å². The minimum Gasteiger partial charge on any atom is -0.619 e. The average molecular weight is 493 g/mol. The summed E-state index contributed by atoms with van der Waals surface area (Å²) in [5, 5.41) is 27.4. The molecule has 2 aliphatic rings. The number of hydrogen-bond donors (Lipinski definition) is 3. The van der Waals surface area contributed by atoms with Crippen LogP contribution < -0.4 is 15.8 Å². The molecule has 0 bridgehead atoms. The van der Waals surface area contributed by atoms with Crippen LogP contribution in [0.2, 0.25) is 5.02 Å². The third-order valence-electron chi connectivity index (χ3n) is 6.90. The Kier molecular flexibility index (Phi) is 5.96. The zero-order chi connectivity index (χ0) is 24.7. The van der Waals surface area contributed by atoms with Crippen molar-refractivity contribution in [2.45, 2.75) is 37.6 Å². The molecule has 1 aliphatic carbocycles. The van der Waals surface area contributed by atoms with E-state index in [1.165, 1.54) is 17.3 Å². The minimum absolute atomic E-state index is 0.219. The predicted octanol–water partition coefficient (Wildman–Crippen LogP) is 1.96. The average Bonchev–Trinajstić information content (AvgIpc) is 3.45. The first-order valence-corrected chi connectivity index (χ1v) is 11.8. The number of likely N-dealkylation sites (tertiary alicyclic amines) is 1. The second kappa shape index (κ2) is 8.96. The van der Waals surface area contributed by atoms with Gasteiger partial charge >= 0.3 is 0 Å². The topological polar surface area (TPSA) is 123 Å². The highest BCUT2D eigenvalue weighted by molar-refractivity contribution is 6.30. The Balaban J connectivity index is 1.42. The molecule has 2 amide bonds. The second-order valence-electron chi connectivity index (χ2n) is 8.88. The van der Waals surface area contributed by atoms with E-state index in [9.17, 15) is 19.9 Å². The normalized spacial score (nSPS) is 20.4. The molecule has 2 atom stereocenters. The Morgan fingerprint density at radius 2 is 1.94 bits per heavy atom. The van der Waals surface area contributed by atoms with Crippen molar-refractivity contribution in [2.75, 3.05) is 6.54 Å². The maximum absolute atomic E-state index is 13.9. The molecule has 2 heterocycles. The van der Waals surface area contributed by atoms with Gasteiger partial charge in [-0.1, -0.05) is 41.9 Å². The number of pyridine rings is 1. The van der Waals surface area contributed by atoms with Crippen LogP contribution in [0.4, 0.5) is 0 Å². The highest BCUT2D eigenvalue weighted by Crippen LogP contribution is 2.48. The van der Waals surface area contributed by atoms with Crippen LogP contribution in [0.3, 0.4) is 0 Å². The van der Waals surface area contributed by atoms with Crippen molar-refractivity contribution in [2.24, 2.45) is 5.73 Å². The number of nitrogens with one attached hydrogen (secondary N) is 1. The molecule has 1 unspecified atom stereocenters. The number of aromatic nitrogens is 1. The summed E-state index contributed by atoms with van der Waals surface area (Å²) in [6, 6.07) is 13.2. The number of carbonyl (C=O) groups excluding carboxylic acids is 2. The summed E-state index contributed by atoms with van der Waals surface area (Å²) >= 11 is 6.10. The summed E-state index contributed by atoms with van der Waals surface area (Å²) in [4.78, 5) is 28.5. The van der Waals surface area contributed by atoms with Crippen molar-refractivity contribution in [3.05, 3.63) is 93.4 Å². The van der Waals surface area contributed by atoms with Gasteiger partial charge in [0.15, 0.2) is 12.4 Å². The van der Waals surface area contributed by atoms with Crippen LogP contribution in [0.25, 0.3) is 11.1 Å². The van der Waals surface area contributed by atoms with Gasteiger partial charge in [0.25, 0.3) is 5.91 Å². The largest absolute Gasteiger partial charge is 0.619 e. The molecule has 1 fully saturated rings. The van der Waals surface area contributed by atoms with Gasteiger partial charge in [0.2, 0.25) is 11.5 Å². The van der Waals surface area contributed by atoms with Gasteiger partial charge in [0.05, 0.1) is 5.56 Å². The van der Waals surface area contributed by atoms with Crippen molar-refractivity contribution in [1.82, 2.24) is 10.2 Å². The molecule has 8 nitrogen and oxygen atoms in total. The minimum atomic E-state index is -2.05. The lowest BCUT2D eigenvalue weighted by Crippen LogP contribution is -2.53. The van der Waals surface area contributed by atoms with Crippen molar-refractivity contribution in [3.8, 4) is 11.1 Å². The van der Waals surface area contributed by atoms with Crippen molar-refractivity contribution in [1.29, 1.82) is 0 Å². The number of amides is 2. The number of nitrogens with zero attached hydrogens (tertiary/aromatic N) is 2. The fraction of sp³-hybridized carbons (Fsp3) is 0.269. The lowest BCUT2D eigenvalue weighted by atomic mass is 9.90. The number of fused-ring (bicyclic) bond motifs is 3. The summed E-state index contributed by atoms with van der Waals surface area (Å²) in [6.07, 6.45) is 3.66. The van der Waals surface area contributed by atoms with Crippen LogP contribution in [0.15, 0.2) is 60.9 Å². The number of benzene rings is 2. The Morgan fingerprint density at radius 3 is 2.74 bits per heavy atom. The monoisotopic (exact) mass is 492 g/mol. The summed E-state index contributed by atoms with van der Waals surface area (Å²) in [7, 11) is 0. The van der Waals surface area contributed by atoms with E-state index >= 15 is 0 Å². The number of rotatable bonds is 5. The standard InChI is InChI=1S/C26H25ClN4O4/c27-18-8-7-16(13-28)17(12-18)14-29-24(32)23-6-3-10-31(23)25(33)26(34)21-5-2-1-4-19(21)20-9-11-30(35)15-22(20)26/h1-2,4-5,7-9,11-12,15,23,34H,3,6,10,13-14,28H2,(H,29,32)/t23-,26?/m0/s1. The lowest BCUT2D eigenvalue weighted by Gasteiger charge is -2.32. The molecule has 1 aromatic heterocycles. The molecule has 180 valence electrons. The van der Waals surface area contributed by atoms with Gasteiger partial charge in [0, 0.05) is 41.9 Å². The first-order chi connectivity index (χ1) is 16.8. The fourth-order valence-electron chi connectivity index (χ4n) is 5.16. The molecule has 1 aliphatic heterocycles. The van der Waals surface area contributed by atoms with Gasteiger partial charge in [-0.3, -0.25) is 9.59 Å². The zero-order valence-electron chi connectivity index (χ0n) is 18.9. The Morgan fingerprint density at radius 1 is 1.17 bits per heavy atom. The van der Waals surface area contributed by atoms with E-state index in [1.807, 2.05) is 18.2 Å². The molecule has 0 radical (unpaired) electrons. The predicted molar refractivity (Wildman–Crippen MR) is 130 cm³/mol. The van der Waals surface area contributed by atoms with Crippen LogP contribution in [-0.2, 0) is 28.3 Å². The van der Waals surface area contributed by atoms with Crippen molar-refractivity contribution >= 4 is 23.4 Å². The van der Waals surface area contributed by atoms with Crippen LogP contribution in [0, 0.1) is 5.21 Å².